The van der Waals surface area contributed by atoms with Crippen molar-refractivity contribution in [1.29, 1.82) is 0 Å². The van der Waals surface area contributed by atoms with E-state index in [0.29, 0.717) is 0 Å². The minimum Gasteiger partial charge on any atom is -0.379 e. The number of hydrogen-bond donors (Lipinski definition) is 1. The summed E-state index contributed by atoms with van der Waals surface area (Å²) in [6.45, 7) is 1.76. The van der Waals surface area contributed by atoms with Crippen LogP contribution >= 0.6 is 7.82 Å². The summed E-state index contributed by atoms with van der Waals surface area (Å²) in [5.41, 5.74) is 0. The van der Waals surface area contributed by atoms with E-state index in [1.807, 2.05) is 0 Å². The van der Waals surface area contributed by atoms with Crippen LogP contribution in [0.4, 0.5) is 0 Å². The minimum atomic E-state index is -3.82. The van der Waals surface area contributed by atoms with Gasteiger partial charge in [-0.2, -0.15) is 0 Å². The maximum Gasteiger partial charge on any atom is 0.471 e. The first-order chi connectivity index (χ1) is 5.02. The van der Waals surface area contributed by atoms with Crippen molar-refractivity contribution in [3.63, 3.8) is 0 Å². The van der Waals surface area contributed by atoms with E-state index in [0.717, 1.165) is 7.11 Å². The smallest absolute Gasteiger partial charge is 0.379 e. The second kappa shape index (κ2) is 4.85. The quantitative estimate of drug-likeness (QED) is 0.639. The highest BCUT2D eigenvalue weighted by molar-refractivity contribution is 7.47. The molecule has 1 N–H and O–H groups in total. The number of hydrogen-bond acceptors (Lipinski definition) is 4. The second-order valence-corrected chi connectivity index (χ2v) is 3.55. The second-order valence-electron chi connectivity index (χ2n) is 1.99. The highest BCUT2D eigenvalue weighted by Gasteiger charge is 2.19. The number of rotatable bonds is 5. The van der Waals surface area contributed by atoms with Gasteiger partial charge in [0.15, 0.2) is 0 Å². The van der Waals surface area contributed by atoms with E-state index in [1.54, 1.807) is 6.92 Å². The number of phosphoric ester groups is 1. The summed E-state index contributed by atoms with van der Waals surface area (Å²) in [5, 5.41) is 0. The van der Waals surface area contributed by atoms with Gasteiger partial charge in [-0.3, -0.25) is 9.05 Å². The molecule has 11 heavy (non-hydrogen) atoms. The molecule has 0 aromatic heterocycles. The summed E-state index contributed by atoms with van der Waals surface area (Å²) >= 11 is 0. The fraction of sp³-hybridized carbons (Fsp3) is 1.00. The van der Waals surface area contributed by atoms with E-state index in [4.69, 9.17) is 9.63 Å². The van der Waals surface area contributed by atoms with Gasteiger partial charge in [-0.1, -0.05) is 0 Å². The Bertz CT molecular complexity index is 148. The maximum atomic E-state index is 10.7. The third-order valence-electron chi connectivity index (χ3n) is 1.11. The van der Waals surface area contributed by atoms with E-state index < -0.39 is 7.82 Å². The van der Waals surface area contributed by atoms with Crippen molar-refractivity contribution in [2.45, 2.75) is 13.0 Å². The molecule has 0 aromatic rings. The SMILES string of the molecule is CO[C@@H](C)COP(=O)(O)OC. The standard InChI is InChI=1S/C5H13O5P/c1-5(8-2)4-10-11(6,7)9-3/h5H,4H2,1-3H3,(H,6,7)/t5-/m0/s1. The molecular formula is C5H13O5P. The molecule has 0 aliphatic carbocycles. The first-order valence-corrected chi connectivity index (χ1v) is 4.57. The molecule has 5 nitrogen and oxygen atoms in total. The fourth-order valence-electron chi connectivity index (χ4n) is 0.320. The molecule has 68 valence electrons. The summed E-state index contributed by atoms with van der Waals surface area (Å²) in [4.78, 5) is 8.72. The number of ether oxygens (including phenoxy) is 1. The van der Waals surface area contributed by atoms with Crippen molar-refractivity contribution in [3.05, 3.63) is 0 Å². The molecular weight excluding hydrogens is 171 g/mol. The molecule has 0 fully saturated rings. The molecule has 0 heterocycles. The third kappa shape index (κ3) is 5.35. The zero-order valence-corrected chi connectivity index (χ0v) is 7.71. The third-order valence-corrected chi connectivity index (χ3v) is 2.04. The van der Waals surface area contributed by atoms with Gasteiger partial charge in [0, 0.05) is 14.2 Å². The van der Waals surface area contributed by atoms with Gasteiger partial charge in [-0.05, 0) is 6.92 Å². The Labute approximate surface area is 65.9 Å². The van der Waals surface area contributed by atoms with Gasteiger partial charge in [-0.15, -0.1) is 0 Å². The maximum absolute atomic E-state index is 10.7. The summed E-state index contributed by atoms with van der Waals surface area (Å²) in [5.74, 6) is 0. The van der Waals surface area contributed by atoms with Gasteiger partial charge in [0.05, 0.1) is 12.7 Å². The molecule has 1 unspecified atom stereocenters. The van der Waals surface area contributed by atoms with E-state index in [9.17, 15) is 4.57 Å². The van der Waals surface area contributed by atoms with Crippen molar-refractivity contribution < 1.29 is 23.2 Å². The number of methoxy groups -OCH3 is 1. The monoisotopic (exact) mass is 184 g/mol. The molecule has 0 aliphatic heterocycles. The minimum absolute atomic E-state index is 0.0398. The predicted molar refractivity (Wildman–Crippen MR) is 39.3 cm³/mol. The zero-order chi connectivity index (χ0) is 8.91. The van der Waals surface area contributed by atoms with Crippen LogP contribution in [0.15, 0.2) is 0 Å². The Kier molecular flexibility index (Phi) is 4.88. The number of phosphoric acid groups is 1. The lowest BCUT2D eigenvalue weighted by Gasteiger charge is -2.12. The Balaban J connectivity index is 3.61. The van der Waals surface area contributed by atoms with Gasteiger partial charge >= 0.3 is 7.82 Å². The fourth-order valence-corrected chi connectivity index (χ4v) is 0.824. The molecule has 0 saturated carbocycles. The highest BCUT2D eigenvalue weighted by Crippen LogP contribution is 2.41. The van der Waals surface area contributed by atoms with Gasteiger partial charge in [-0.25, -0.2) is 4.57 Å². The summed E-state index contributed by atoms with van der Waals surface area (Å²) in [6, 6.07) is 0. The van der Waals surface area contributed by atoms with Crippen LogP contribution in [0.5, 0.6) is 0 Å². The lowest BCUT2D eigenvalue weighted by molar-refractivity contribution is 0.0542. The van der Waals surface area contributed by atoms with E-state index in [2.05, 4.69) is 9.05 Å². The van der Waals surface area contributed by atoms with Crippen molar-refractivity contribution in [3.8, 4) is 0 Å². The topological polar surface area (TPSA) is 65.0 Å². The van der Waals surface area contributed by atoms with E-state index >= 15 is 0 Å². The molecule has 0 amide bonds. The van der Waals surface area contributed by atoms with E-state index in [1.165, 1.54) is 7.11 Å². The van der Waals surface area contributed by atoms with Crippen LogP contribution in [0.1, 0.15) is 6.92 Å². The molecule has 0 radical (unpaired) electrons. The van der Waals surface area contributed by atoms with Crippen LogP contribution < -0.4 is 0 Å². The Morgan fingerprint density at radius 1 is 1.55 bits per heavy atom. The van der Waals surface area contributed by atoms with Crippen LogP contribution in [-0.4, -0.2) is 31.8 Å². The lowest BCUT2D eigenvalue weighted by Crippen LogP contribution is -2.12. The van der Waals surface area contributed by atoms with Crippen molar-refractivity contribution in [2.75, 3.05) is 20.8 Å². The zero-order valence-electron chi connectivity index (χ0n) is 6.81. The van der Waals surface area contributed by atoms with Crippen LogP contribution in [-0.2, 0) is 18.3 Å². The molecule has 6 heteroatoms. The molecule has 0 saturated heterocycles. The first kappa shape index (κ1) is 11.1. The largest absolute Gasteiger partial charge is 0.471 e. The van der Waals surface area contributed by atoms with Crippen molar-refractivity contribution in [2.24, 2.45) is 0 Å². The Hall–Kier alpha value is 0.0700. The molecule has 0 spiro atoms. The van der Waals surface area contributed by atoms with Gasteiger partial charge in [0.2, 0.25) is 0 Å². The average molecular weight is 184 g/mol. The summed E-state index contributed by atoms with van der Waals surface area (Å²) in [6.07, 6.45) is -0.217. The average Bonchev–Trinajstić information content (AvgIpc) is 2.00. The van der Waals surface area contributed by atoms with Gasteiger partial charge in [0.25, 0.3) is 0 Å². The van der Waals surface area contributed by atoms with Crippen LogP contribution in [0.25, 0.3) is 0 Å². The lowest BCUT2D eigenvalue weighted by atomic mass is 10.4. The van der Waals surface area contributed by atoms with Crippen LogP contribution in [0.2, 0.25) is 0 Å². The van der Waals surface area contributed by atoms with Crippen molar-refractivity contribution >= 4 is 7.82 Å². The van der Waals surface area contributed by atoms with Crippen LogP contribution in [0.3, 0.4) is 0 Å². The Morgan fingerprint density at radius 3 is 2.45 bits per heavy atom. The molecule has 2 atom stereocenters. The molecule has 0 aromatic carbocycles. The highest BCUT2D eigenvalue weighted by atomic mass is 31.2. The van der Waals surface area contributed by atoms with Gasteiger partial charge in [0.1, 0.15) is 0 Å². The normalized spacial score (nSPS) is 19.3. The molecule has 0 aliphatic rings. The summed E-state index contributed by atoms with van der Waals surface area (Å²) in [7, 11) is -1.22. The van der Waals surface area contributed by atoms with Gasteiger partial charge < -0.3 is 9.63 Å². The summed E-state index contributed by atoms with van der Waals surface area (Å²) < 4.78 is 24.1. The first-order valence-electron chi connectivity index (χ1n) is 3.07. The van der Waals surface area contributed by atoms with Crippen molar-refractivity contribution in [1.82, 2.24) is 0 Å². The van der Waals surface area contributed by atoms with Crippen LogP contribution in [0, 0.1) is 0 Å². The predicted octanol–water partition coefficient (Wildman–Crippen LogP) is 0.785. The Morgan fingerprint density at radius 2 is 2.09 bits per heavy atom. The molecule has 0 bridgehead atoms. The van der Waals surface area contributed by atoms with E-state index in [-0.39, 0.29) is 12.7 Å². The molecule has 0 rings (SSSR count).